The monoisotopic (exact) mass is 294 g/mol. The van der Waals surface area contributed by atoms with Crippen LogP contribution in [0.25, 0.3) is 0 Å². The Morgan fingerprint density at radius 2 is 2.41 bits per heavy atom. The van der Waals surface area contributed by atoms with Gasteiger partial charge >= 0.3 is 6.09 Å². The second-order valence-corrected chi connectivity index (χ2v) is 4.83. The molecule has 0 aliphatic carbocycles. The first kappa shape index (κ1) is 11.9. The number of amides is 1. The number of nitrogens with zero attached hydrogens (tertiary/aromatic N) is 2. The third-order valence-electron chi connectivity index (χ3n) is 2.64. The Bertz CT molecular complexity index is 496. The van der Waals surface area contributed by atoms with Crippen molar-refractivity contribution in [1.82, 2.24) is 0 Å². The second-order valence-electron chi connectivity index (χ2n) is 3.91. The smallest absolute Gasteiger partial charge is 0.414 e. The zero-order valence-electron chi connectivity index (χ0n) is 9.31. The number of anilines is 1. The normalized spacial score (nSPS) is 19.0. The minimum atomic E-state index is -0.379. The molecule has 0 spiro atoms. The van der Waals surface area contributed by atoms with Crippen LogP contribution in [0.3, 0.4) is 0 Å². The van der Waals surface area contributed by atoms with Gasteiger partial charge in [-0.05, 0) is 30.7 Å². The molecule has 1 fully saturated rings. The van der Waals surface area contributed by atoms with Gasteiger partial charge in [-0.15, -0.1) is 0 Å². The van der Waals surface area contributed by atoms with E-state index in [0.29, 0.717) is 6.54 Å². The van der Waals surface area contributed by atoms with E-state index >= 15 is 0 Å². The van der Waals surface area contributed by atoms with Crippen LogP contribution in [0.4, 0.5) is 10.5 Å². The molecular weight excluding hydrogens is 284 g/mol. The van der Waals surface area contributed by atoms with Crippen molar-refractivity contribution in [2.75, 3.05) is 11.4 Å². The van der Waals surface area contributed by atoms with E-state index in [1.165, 1.54) is 0 Å². The number of halogens is 1. The van der Waals surface area contributed by atoms with Crippen molar-refractivity contribution in [3.05, 3.63) is 28.2 Å². The summed E-state index contributed by atoms with van der Waals surface area (Å²) in [7, 11) is 0. The molecule has 4 nitrogen and oxygen atoms in total. The number of carbonyl (C=O) groups excluding carboxylic acids is 1. The van der Waals surface area contributed by atoms with Crippen LogP contribution < -0.4 is 4.90 Å². The van der Waals surface area contributed by atoms with E-state index in [9.17, 15) is 4.79 Å². The lowest BCUT2D eigenvalue weighted by molar-refractivity contribution is 0.143. The summed E-state index contributed by atoms with van der Waals surface area (Å²) in [6.45, 7) is 2.37. The van der Waals surface area contributed by atoms with E-state index in [1.54, 1.807) is 4.90 Å². The highest BCUT2D eigenvalue weighted by molar-refractivity contribution is 9.10. The zero-order valence-corrected chi connectivity index (χ0v) is 10.9. The van der Waals surface area contributed by atoms with Crippen LogP contribution in [0.2, 0.25) is 0 Å². The lowest BCUT2D eigenvalue weighted by Crippen LogP contribution is -2.25. The fourth-order valence-corrected chi connectivity index (χ4v) is 2.32. The van der Waals surface area contributed by atoms with Gasteiger partial charge in [0.15, 0.2) is 0 Å². The molecule has 17 heavy (non-hydrogen) atoms. The predicted octanol–water partition coefficient (Wildman–Crippen LogP) is 3.00. The Labute approximate surface area is 108 Å². The summed E-state index contributed by atoms with van der Waals surface area (Å²) in [6, 6.07) is 7.71. The fourth-order valence-electron chi connectivity index (χ4n) is 1.85. The largest absolute Gasteiger partial charge is 0.443 e. The Balaban J connectivity index is 2.23. The number of hydrogen-bond donors (Lipinski definition) is 0. The maximum absolute atomic E-state index is 11.7. The van der Waals surface area contributed by atoms with Gasteiger partial charge < -0.3 is 4.74 Å². The molecule has 88 valence electrons. The van der Waals surface area contributed by atoms with Crippen LogP contribution >= 0.6 is 15.9 Å². The molecule has 0 N–H and O–H groups in total. The molecule has 1 aliphatic rings. The average molecular weight is 295 g/mol. The molecule has 1 amide bonds. The number of nitriles is 1. The van der Waals surface area contributed by atoms with Crippen molar-refractivity contribution in [2.24, 2.45) is 0 Å². The summed E-state index contributed by atoms with van der Waals surface area (Å²) in [5, 5.41) is 8.59. The number of hydrogen-bond acceptors (Lipinski definition) is 3. The first-order valence-corrected chi connectivity index (χ1v) is 6.02. The maximum Gasteiger partial charge on any atom is 0.414 e. The van der Waals surface area contributed by atoms with E-state index in [1.807, 2.05) is 31.2 Å². The van der Waals surface area contributed by atoms with Gasteiger partial charge in [0.25, 0.3) is 0 Å². The summed E-state index contributed by atoms with van der Waals surface area (Å²) >= 11 is 3.38. The quantitative estimate of drug-likeness (QED) is 0.842. The van der Waals surface area contributed by atoms with Crippen LogP contribution in [0.1, 0.15) is 12.0 Å². The molecule has 1 aromatic carbocycles. The Hall–Kier alpha value is -1.54. The van der Waals surface area contributed by atoms with Gasteiger partial charge in [-0.1, -0.05) is 15.9 Å². The molecule has 1 heterocycles. The molecule has 1 unspecified atom stereocenters. The first-order chi connectivity index (χ1) is 8.11. The fraction of sp³-hybridized carbons (Fsp3) is 0.333. The number of cyclic esters (lactones) is 1. The Morgan fingerprint density at radius 1 is 1.65 bits per heavy atom. The molecule has 0 radical (unpaired) electrons. The van der Waals surface area contributed by atoms with Gasteiger partial charge in [0.05, 0.1) is 24.7 Å². The van der Waals surface area contributed by atoms with E-state index < -0.39 is 0 Å². The Kier molecular flexibility index (Phi) is 3.34. The first-order valence-electron chi connectivity index (χ1n) is 5.23. The van der Waals surface area contributed by atoms with Gasteiger partial charge in [0, 0.05) is 4.47 Å². The van der Waals surface area contributed by atoms with E-state index in [2.05, 4.69) is 15.9 Å². The molecule has 0 saturated carbocycles. The molecule has 1 aliphatic heterocycles. The second kappa shape index (κ2) is 4.76. The predicted molar refractivity (Wildman–Crippen MR) is 66.7 cm³/mol. The average Bonchev–Trinajstić information content (AvgIpc) is 2.60. The summed E-state index contributed by atoms with van der Waals surface area (Å²) in [6.07, 6.45) is -0.469. The molecule has 1 atom stereocenters. The molecular formula is C12H11BrN2O2. The van der Waals surface area contributed by atoms with Gasteiger partial charge in [0.2, 0.25) is 0 Å². The van der Waals surface area contributed by atoms with Crippen LogP contribution in [-0.4, -0.2) is 18.7 Å². The lowest BCUT2D eigenvalue weighted by atomic mass is 10.2. The molecule has 5 heteroatoms. The van der Waals surface area contributed by atoms with Crippen LogP contribution in [0, 0.1) is 18.3 Å². The lowest BCUT2D eigenvalue weighted by Gasteiger charge is -2.15. The van der Waals surface area contributed by atoms with Gasteiger partial charge in [-0.3, -0.25) is 4.90 Å². The highest BCUT2D eigenvalue weighted by Crippen LogP contribution is 2.28. The van der Waals surface area contributed by atoms with Crippen LogP contribution in [0.15, 0.2) is 22.7 Å². The van der Waals surface area contributed by atoms with Gasteiger partial charge in [0.1, 0.15) is 6.10 Å². The minimum Gasteiger partial charge on any atom is -0.443 e. The van der Waals surface area contributed by atoms with Gasteiger partial charge in [-0.25, -0.2) is 4.79 Å². The molecule has 0 aromatic heterocycles. The SMILES string of the molecule is Cc1cc(Br)ccc1N1CC(CC#N)OC1=O. The zero-order chi connectivity index (χ0) is 12.4. The van der Waals surface area contributed by atoms with Crippen molar-refractivity contribution in [1.29, 1.82) is 5.26 Å². The van der Waals surface area contributed by atoms with Crippen molar-refractivity contribution in [3.63, 3.8) is 0 Å². The number of ether oxygens (including phenoxy) is 1. The standard InChI is InChI=1S/C12H11BrN2O2/c1-8-6-9(13)2-3-11(8)15-7-10(4-5-14)17-12(15)16/h2-3,6,10H,4,7H2,1H3. The molecule has 1 saturated heterocycles. The Morgan fingerprint density at radius 3 is 3.06 bits per heavy atom. The number of aryl methyl sites for hydroxylation is 1. The summed E-state index contributed by atoms with van der Waals surface area (Å²) in [4.78, 5) is 13.3. The van der Waals surface area contributed by atoms with E-state index in [0.717, 1.165) is 15.7 Å². The third kappa shape index (κ3) is 2.42. The maximum atomic E-state index is 11.7. The molecule has 2 rings (SSSR count). The van der Waals surface area contributed by atoms with Crippen molar-refractivity contribution < 1.29 is 9.53 Å². The minimum absolute atomic E-state index is 0.234. The van der Waals surface area contributed by atoms with E-state index in [-0.39, 0.29) is 18.6 Å². The third-order valence-corrected chi connectivity index (χ3v) is 3.14. The highest BCUT2D eigenvalue weighted by atomic mass is 79.9. The van der Waals surface area contributed by atoms with E-state index in [4.69, 9.17) is 10.00 Å². The van der Waals surface area contributed by atoms with Crippen LogP contribution in [0.5, 0.6) is 0 Å². The summed E-state index contributed by atoms with van der Waals surface area (Å²) in [5.74, 6) is 0. The number of rotatable bonds is 2. The van der Waals surface area contributed by atoms with Crippen molar-refractivity contribution in [3.8, 4) is 6.07 Å². The molecule has 1 aromatic rings. The summed E-state index contributed by atoms with van der Waals surface area (Å²) in [5.41, 5.74) is 1.83. The van der Waals surface area contributed by atoms with Crippen molar-refractivity contribution in [2.45, 2.75) is 19.4 Å². The van der Waals surface area contributed by atoms with Gasteiger partial charge in [-0.2, -0.15) is 5.26 Å². The number of carbonyl (C=O) groups is 1. The van der Waals surface area contributed by atoms with Crippen LogP contribution in [-0.2, 0) is 4.74 Å². The molecule has 0 bridgehead atoms. The summed E-state index contributed by atoms with van der Waals surface area (Å²) < 4.78 is 6.08. The highest BCUT2D eigenvalue weighted by Gasteiger charge is 2.32. The van der Waals surface area contributed by atoms with Crippen molar-refractivity contribution >= 4 is 27.7 Å². The topological polar surface area (TPSA) is 53.3 Å². The number of benzene rings is 1.